The van der Waals surface area contributed by atoms with Crippen molar-refractivity contribution >= 4 is 11.9 Å². The fraction of sp³-hybridized carbons (Fsp3) is 0.667. The number of hydrogen-bond donors (Lipinski definition) is 2. The van der Waals surface area contributed by atoms with Crippen LogP contribution < -0.4 is 5.73 Å². The van der Waals surface area contributed by atoms with Gasteiger partial charge in [-0.3, -0.25) is 9.89 Å². The van der Waals surface area contributed by atoms with Crippen LogP contribution in [-0.2, 0) is 0 Å². The lowest BCUT2D eigenvalue weighted by atomic mass is 10.00. The van der Waals surface area contributed by atoms with E-state index < -0.39 is 0 Å². The summed E-state index contributed by atoms with van der Waals surface area (Å²) in [7, 11) is 1.74. The molecule has 6 heteroatoms. The van der Waals surface area contributed by atoms with Crippen LogP contribution in [0.4, 0.5) is 5.95 Å². The van der Waals surface area contributed by atoms with Crippen LogP contribution >= 0.6 is 0 Å². The summed E-state index contributed by atoms with van der Waals surface area (Å²) in [4.78, 5) is 17.3. The Balaban J connectivity index is 2.86. The quantitative estimate of drug-likeness (QED) is 0.768. The third kappa shape index (κ3) is 2.26. The third-order valence-corrected chi connectivity index (χ3v) is 2.78. The molecule has 0 unspecified atom stereocenters. The van der Waals surface area contributed by atoms with E-state index in [2.05, 4.69) is 15.2 Å². The summed E-state index contributed by atoms with van der Waals surface area (Å²) in [6.07, 6.45) is 0.860. The number of carbonyl (C=O) groups excluding carboxylic acids is 1. The lowest BCUT2D eigenvalue weighted by Crippen LogP contribution is -2.44. The molecule has 0 saturated heterocycles. The average Bonchev–Trinajstić information content (AvgIpc) is 2.62. The van der Waals surface area contributed by atoms with Crippen LogP contribution in [0.3, 0.4) is 0 Å². The SMILES string of the molecule is CCC(C)(C)N(C)C(=O)c1nc(N)n[nH]1. The predicted molar refractivity (Wildman–Crippen MR) is 57.3 cm³/mol. The molecule has 0 aliphatic rings. The molecular formula is C9H17N5O. The maximum absolute atomic E-state index is 11.9. The van der Waals surface area contributed by atoms with Gasteiger partial charge in [0.1, 0.15) is 0 Å². The number of H-pyrrole nitrogens is 1. The van der Waals surface area contributed by atoms with Crippen molar-refractivity contribution in [3.63, 3.8) is 0 Å². The Hall–Kier alpha value is -1.59. The van der Waals surface area contributed by atoms with Gasteiger partial charge in [0, 0.05) is 12.6 Å². The first-order valence-electron chi connectivity index (χ1n) is 4.84. The second-order valence-corrected chi connectivity index (χ2v) is 4.07. The van der Waals surface area contributed by atoms with Gasteiger partial charge in [-0.2, -0.15) is 4.98 Å². The second-order valence-electron chi connectivity index (χ2n) is 4.07. The van der Waals surface area contributed by atoms with Crippen molar-refractivity contribution in [3.05, 3.63) is 5.82 Å². The molecule has 0 spiro atoms. The molecule has 15 heavy (non-hydrogen) atoms. The Morgan fingerprint density at radius 1 is 1.60 bits per heavy atom. The average molecular weight is 211 g/mol. The molecule has 0 aliphatic carbocycles. The highest BCUT2D eigenvalue weighted by molar-refractivity contribution is 5.91. The van der Waals surface area contributed by atoms with Gasteiger partial charge < -0.3 is 10.6 Å². The number of carbonyl (C=O) groups is 1. The van der Waals surface area contributed by atoms with E-state index in [4.69, 9.17) is 5.73 Å². The summed E-state index contributed by atoms with van der Waals surface area (Å²) < 4.78 is 0. The van der Waals surface area contributed by atoms with Gasteiger partial charge in [-0.1, -0.05) is 6.92 Å². The Morgan fingerprint density at radius 2 is 2.20 bits per heavy atom. The third-order valence-electron chi connectivity index (χ3n) is 2.78. The zero-order valence-electron chi connectivity index (χ0n) is 9.53. The lowest BCUT2D eigenvalue weighted by Gasteiger charge is -2.34. The maximum atomic E-state index is 11.9. The molecule has 0 aromatic carbocycles. The number of nitrogens with zero attached hydrogens (tertiary/aromatic N) is 3. The normalized spacial score (nSPS) is 11.5. The molecule has 0 saturated carbocycles. The number of nitrogens with one attached hydrogen (secondary N) is 1. The predicted octanol–water partition coefficient (Wildman–Crippen LogP) is 0.647. The number of amides is 1. The number of nitrogens with two attached hydrogens (primary N) is 1. The van der Waals surface area contributed by atoms with E-state index in [0.29, 0.717) is 0 Å². The zero-order chi connectivity index (χ0) is 11.6. The van der Waals surface area contributed by atoms with Crippen LogP contribution in [0, 0.1) is 0 Å². The Morgan fingerprint density at radius 3 is 2.60 bits per heavy atom. The summed E-state index contributed by atoms with van der Waals surface area (Å²) in [6.45, 7) is 6.01. The van der Waals surface area contributed by atoms with Crippen molar-refractivity contribution in [1.29, 1.82) is 0 Å². The number of hydrogen-bond acceptors (Lipinski definition) is 4. The molecule has 1 amide bonds. The summed E-state index contributed by atoms with van der Waals surface area (Å²) in [5, 5.41) is 6.13. The van der Waals surface area contributed by atoms with Gasteiger partial charge in [-0.25, -0.2) is 0 Å². The summed E-state index contributed by atoms with van der Waals surface area (Å²) in [6, 6.07) is 0. The van der Waals surface area contributed by atoms with Gasteiger partial charge >= 0.3 is 0 Å². The van der Waals surface area contributed by atoms with Gasteiger partial charge in [-0.05, 0) is 20.3 Å². The minimum Gasteiger partial charge on any atom is -0.366 e. The molecule has 0 fully saturated rings. The van der Waals surface area contributed by atoms with Crippen LogP contribution in [-0.4, -0.2) is 38.6 Å². The Bertz CT molecular complexity index is 357. The van der Waals surface area contributed by atoms with Crippen LogP contribution in [0.1, 0.15) is 37.8 Å². The van der Waals surface area contributed by atoms with Gasteiger partial charge in [0.25, 0.3) is 5.91 Å². The number of aromatic nitrogens is 3. The topological polar surface area (TPSA) is 87.9 Å². The molecule has 0 radical (unpaired) electrons. The lowest BCUT2D eigenvalue weighted by molar-refractivity contribution is 0.0608. The minimum absolute atomic E-state index is 0.0843. The monoisotopic (exact) mass is 211 g/mol. The fourth-order valence-corrected chi connectivity index (χ4v) is 1.04. The van der Waals surface area contributed by atoms with Crippen molar-refractivity contribution in [2.24, 2.45) is 0 Å². The van der Waals surface area contributed by atoms with Gasteiger partial charge in [0.15, 0.2) is 0 Å². The van der Waals surface area contributed by atoms with Crippen LogP contribution in [0.5, 0.6) is 0 Å². The van der Waals surface area contributed by atoms with Crippen molar-refractivity contribution in [1.82, 2.24) is 20.1 Å². The van der Waals surface area contributed by atoms with Gasteiger partial charge in [0.2, 0.25) is 11.8 Å². The highest BCUT2D eigenvalue weighted by Gasteiger charge is 2.28. The summed E-state index contributed by atoms with van der Waals surface area (Å²) in [5.74, 6) is 0.0589. The highest BCUT2D eigenvalue weighted by atomic mass is 16.2. The van der Waals surface area contributed by atoms with E-state index in [0.717, 1.165) is 6.42 Å². The van der Waals surface area contributed by atoms with Crippen molar-refractivity contribution < 1.29 is 4.79 Å². The van der Waals surface area contributed by atoms with Crippen molar-refractivity contribution in [3.8, 4) is 0 Å². The van der Waals surface area contributed by atoms with E-state index in [9.17, 15) is 4.79 Å². The van der Waals surface area contributed by atoms with E-state index >= 15 is 0 Å². The first-order valence-corrected chi connectivity index (χ1v) is 4.84. The number of rotatable bonds is 3. The summed E-state index contributed by atoms with van der Waals surface area (Å²) in [5.41, 5.74) is 5.12. The van der Waals surface area contributed by atoms with Gasteiger partial charge in [0.05, 0.1) is 0 Å². The Labute approximate surface area is 88.9 Å². The van der Waals surface area contributed by atoms with E-state index in [1.54, 1.807) is 11.9 Å². The Kier molecular flexibility index (Phi) is 2.97. The van der Waals surface area contributed by atoms with E-state index in [-0.39, 0.29) is 23.2 Å². The molecule has 1 aromatic heterocycles. The highest BCUT2D eigenvalue weighted by Crippen LogP contribution is 2.18. The van der Waals surface area contributed by atoms with Crippen molar-refractivity contribution in [2.75, 3.05) is 12.8 Å². The number of anilines is 1. The smallest absolute Gasteiger partial charge is 0.291 e. The molecule has 1 aromatic rings. The number of aromatic amines is 1. The molecule has 3 N–H and O–H groups in total. The molecule has 0 aliphatic heterocycles. The van der Waals surface area contributed by atoms with Gasteiger partial charge in [-0.15, -0.1) is 5.10 Å². The summed E-state index contributed by atoms with van der Waals surface area (Å²) >= 11 is 0. The molecule has 1 rings (SSSR count). The molecular weight excluding hydrogens is 194 g/mol. The largest absolute Gasteiger partial charge is 0.366 e. The maximum Gasteiger partial charge on any atom is 0.291 e. The van der Waals surface area contributed by atoms with E-state index in [1.807, 2.05) is 20.8 Å². The molecule has 0 bridgehead atoms. The van der Waals surface area contributed by atoms with Crippen LogP contribution in [0.15, 0.2) is 0 Å². The molecule has 84 valence electrons. The first kappa shape index (κ1) is 11.5. The number of nitrogen functional groups attached to an aromatic ring is 1. The van der Waals surface area contributed by atoms with Crippen molar-refractivity contribution in [2.45, 2.75) is 32.7 Å². The van der Waals surface area contributed by atoms with E-state index in [1.165, 1.54) is 0 Å². The van der Waals surface area contributed by atoms with Crippen LogP contribution in [0.2, 0.25) is 0 Å². The molecule has 0 atom stereocenters. The second kappa shape index (κ2) is 3.88. The standard InChI is InChI=1S/C9H17N5O/c1-5-9(2,3)14(4)7(15)6-11-8(10)13-12-6/h5H2,1-4H3,(H3,10,11,12,13). The minimum atomic E-state index is -0.210. The molecule has 1 heterocycles. The first-order chi connectivity index (χ1) is 6.88. The zero-order valence-corrected chi connectivity index (χ0v) is 9.53. The molecule has 6 nitrogen and oxygen atoms in total. The fourth-order valence-electron chi connectivity index (χ4n) is 1.04. The van der Waals surface area contributed by atoms with Crippen LogP contribution in [0.25, 0.3) is 0 Å².